The average Bonchev–Trinajstić information content (AvgIpc) is 3.14. The van der Waals surface area contributed by atoms with Crippen molar-refractivity contribution in [2.24, 2.45) is 5.14 Å². The minimum Gasteiger partial charge on any atom is -0.300 e. The fourth-order valence-corrected chi connectivity index (χ4v) is 3.98. The minimum atomic E-state index is -0.412. The van der Waals surface area contributed by atoms with Crippen molar-refractivity contribution < 1.29 is 0 Å². The maximum Gasteiger partial charge on any atom is 0.270 e. The van der Waals surface area contributed by atoms with Gasteiger partial charge in [0.1, 0.15) is 17.3 Å². The molecule has 0 fully saturated rings. The molecule has 0 spiro atoms. The molecule has 0 unspecified atom stereocenters. The molecule has 0 bridgehead atoms. The number of nitrogens with two attached hydrogens (primary N) is 1. The summed E-state index contributed by atoms with van der Waals surface area (Å²) in [5.41, 5.74) is 1.15. The van der Waals surface area contributed by atoms with Crippen LogP contribution in [-0.2, 0) is 5.75 Å². The van der Waals surface area contributed by atoms with Crippen molar-refractivity contribution in [2.45, 2.75) is 15.8 Å². The molecule has 3 aromatic rings. The van der Waals surface area contributed by atoms with Crippen molar-refractivity contribution in [1.82, 2.24) is 9.97 Å². The van der Waals surface area contributed by atoms with E-state index < -0.39 is 5.56 Å². The number of benzene rings is 1. The van der Waals surface area contributed by atoms with E-state index in [0.717, 1.165) is 15.3 Å². The number of thioether (sulfide) groups is 1. The zero-order valence-electron chi connectivity index (χ0n) is 12.4. The standard InChI is InChI=1S/C16H12N4OS3/c17-8-12-14(13-5-2-6-22-13)19-16(20-15(12)21)23-9-10-3-1-4-11(7-10)24-18/h1-7H,9,18H2,(H,19,20,21). The Balaban J connectivity index is 1.89. The van der Waals surface area contributed by atoms with Crippen molar-refractivity contribution in [3.05, 3.63) is 63.3 Å². The molecule has 0 aliphatic heterocycles. The first-order chi connectivity index (χ1) is 11.7. The van der Waals surface area contributed by atoms with Gasteiger partial charge in [-0.15, -0.1) is 11.3 Å². The fourth-order valence-electron chi connectivity index (χ4n) is 2.08. The molecule has 0 atom stereocenters. The molecule has 0 amide bonds. The number of nitrogens with zero attached hydrogens (tertiary/aromatic N) is 2. The predicted molar refractivity (Wildman–Crippen MR) is 98.9 cm³/mol. The summed E-state index contributed by atoms with van der Waals surface area (Å²) in [5.74, 6) is 0.646. The Kier molecular flexibility index (Phi) is 5.37. The summed E-state index contributed by atoms with van der Waals surface area (Å²) < 4.78 is 0. The van der Waals surface area contributed by atoms with E-state index in [1.807, 2.05) is 47.8 Å². The first kappa shape index (κ1) is 16.8. The molecule has 0 radical (unpaired) electrons. The second-order valence-corrected chi connectivity index (χ2v) is 7.36. The Morgan fingerprint density at radius 1 is 1.33 bits per heavy atom. The third kappa shape index (κ3) is 3.71. The van der Waals surface area contributed by atoms with Gasteiger partial charge in [-0.3, -0.25) is 9.93 Å². The number of nitriles is 1. The van der Waals surface area contributed by atoms with Gasteiger partial charge >= 0.3 is 0 Å². The molecule has 0 saturated heterocycles. The number of rotatable bonds is 5. The smallest absolute Gasteiger partial charge is 0.270 e. The lowest BCUT2D eigenvalue weighted by Crippen LogP contribution is -2.14. The number of thiophene rings is 1. The molecule has 120 valence electrons. The summed E-state index contributed by atoms with van der Waals surface area (Å²) in [4.78, 5) is 21.1. The van der Waals surface area contributed by atoms with Crippen LogP contribution in [0, 0.1) is 11.3 Å². The zero-order chi connectivity index (χ0) is 16.9. The summed E-state index contributed by atoms with van der Waals surface area (Å²) in [6.45, 7) is 0. The maximum absolute atomic E-state index is 12.2. The Hall–Kier alpha value is -2.05. The van der Waals surface area contributed by atoms with E-state index in [-0.39, 0.29) is 5.56 Å². The molecule has 2 heterocycles. The lowest BCUT2D eigenvalue weighted by Gasteiger charge is -2.06. The summed E-state index contributed by atoms with van der Waals surface area (Å²) in [5, 5.41) is 17.2. The number of hydrogen-bond donors (Lipinski definition) is 2. The van der Waals surface area contributed by atoms with Gasteiger partial charge in [0.25, 0.3) is 5.56 Å². The lowest BCUT2D eigenvalue weighted by atomic mass is 10.2. The van der Waals surface area contributed by atoms with E-state index >= 15 is 0 Å². The van der Waals surface area contributed by atoms with Crippen LogP contribution in [0.5, 0.6) is 0 Å². The van der Waals surface area contributed by atoms with Crippen molar-refractivity contribution in [3.63, 3.8) is 0 Å². The number of aromatic nitrogens is 2. The Morgan fingerprint density at radius 2 is 2.21 bits per heavy atom. The van der Waals surface area contributed by atoms with Crippen molar-refractivity contribution in [3.8, 4) is 16.6 Å². The molecule has 3 N–H and O–H groups in total. The van der Waals surface area contributed by atoms with Crippen LogP contribution < -0.4 is 10.7 Å². The van der Waals surface area contributed by atoms with Crippen molar-refractivity contribution >= 4 is 35.0 Å². The first-order valence-electron chi connectivity index (χ1n) is 6.88. The highest BCUT2D eigenvalue weighted by molar-refractivity contribution is 7.98. The van der Waals surface area contributed by atoms with Crippen LogP contribution in [-0.4, -0.2) is 9.97 Å². The molecule has 2 aromatic heterocycles. The molecule has 0 aliphatic carbocycles. The van der Waals surface area contributed by atoms with E-state index in [1.54, 1.807) is 0 Å². The van der Waals surface area contributed by atoms with Gasteiger partial charge in [-0.25, -0.2) is 4.98 Å². The van der Waals surface area contributed by atoms with Crippen LogP contribution in [0.25, 0.3) is 10.6 Å². The van der Waals surface area contributed by atoms with Crippen LogP contribution in [0.3, 0.4) is 0 Å². The quantitative estimate of drug-likeness (QED) is 0.403. The van der Waals surface area contributed by atoms with Crippen molar-refractivity contribution in [1.29, 1.82) is 5.26 Å². The van der Waals surface area contributed by atoms with Crippen LogP contribution in [0.1, 0.15) is 11.1 Å². The van der Waals surface area contributed by atoms with Gasteiger partial charge in [0.2, 0.25) is 0 Å². The molecule has 3 rings (SSSR count). The molecule has 5 nitrogen and oxygen atoms in total. The first-order valence-corrected chi connectivity index (χ1v) is 9.62. The second-order valence-electron chi connectivity index (χ2n) is 4.74. The Bertz CT molecular complexity index is 945. The molecule has 8 heteroatoms. The summed E-state index contributed by atoms with van der Waals surface area (Å²) >= 11 is 4.06. The molecule has 0 aliphatic rings. The highest BCUT2D eigenvalue weighted by atomic mass is 32.2. The third-order valence-corrected chi connectivity index (χ3v) is 5.52. The molecule has 0 saturated carbocycles. The highest BCUT2D eigenvalue weighted by Gasteiger charge is 2.14. The predicted octanol–water partition coefficient (Wildman–Crippen LogP) is 3.63. The van der Waals surface area contributed by atoms with Crippen LogP contribution in [0.15, 0.2) is 56.6 Å². The van der Waals surface area contributed by atoms with Gasteiger partial charge in [-0.05, 0) is 41.1 Å². The summed E-state index contributed by atoms with van der Waals surface area (Å²) in [7, 11) is 0. The number of aromatic amines is 1. The fraction of sp³-hybridized carbons (Fsp3) is 0.0625. The van der Waals surface area contributed by atoms with Crippen molar-refractivity contribution in [2.75, 3.05) is 0 Å². The average molecular weight is 373 g/mol. The lowest BCUT2D eigenvalue weighted by molar-refractivity contribution is 0.936. The highest BCUT2D eigenvalue weighted by Crippen LogP contribution is 2.27. The van der Waals surface area contributed by atoms with Gasteiger partial charge in [0, 0.05) is 10.6 Å². The molecular weight excluding hydrogens is 360 g/mol. The zero-order valence-corrected chi connectivity index (χ0v) is 14.8. The van der Waals surface area contributed by atoms with E-state index in [1.165, 1.54) is 35.0 Å². The van der Waals surface area contributed by atoms with E-state index in [9.17, 15) is 10.1 Å². The van der Waals surface area contributed by atoms with Crippen LogP contribution >= 0.6 is 35.0 Å². The van der Waals surface area contributed by atoms with Gasteiger partial charge in [0.05, 0.1) is 4.88 Å². The van der Waals surface area contributed by atoms with Gasteiger partial charge in [-0.1, -0.05) is 30.0 Å². The van der Waals surface area contributed by atoms with Gasteiger partial charge < -0.3 is 4.98 Å². The van der Waals surface area contributed by atoms with E-state index in [0.29, 0.717) is 16.6 Å². The Morgan fingerprint density at radius 3 is 2.92 bits per heavy atom. The maximum atomic E-state index is 12.2. The topological polar surface area (TPSA) is 95.6 Å². The van der Waals surface area contributed by atoms with E-state index in [2.05, 4.69) is 9.97 Å². The number of hydrogen-bond acceptors (Lipinski definition) is 7. The molecular formula is C16H12N4OS3. The van der Waals surface area contributed by atoms with Crippen LogP contribution in [0.2, 0.25) is 0 Å². The van der Waals surface area contributed by atoms with Gasteiger partial charge in [-0.2, -0.15) is 5.26 Å². The normalized spacial score (nSPS) is 10.5. The Labute approximate surface area is 151 Å². The molecule has 1 aromatic carbocycles. The monoisotopic (exact) mass is 372 g/mol. The number of H-pyrrole nitrogens is 1. The van der Waals surface area contributed by atoms with Crippen LogP contribution in [0.4, 0.5) is 0 Å². The minimum absolute atomic E-state index is 0.0447. The second kappa shape index (κ2) is 7.68. The summed E-state index contributed by atoms with van der Waals surface area (Å²) in [6, 6.07) is 13.5. The SMILES string of the molecule is N#Cc1c(-c2cccs2)nc(SCc2cccc(SN)c2)[nH]c1=O. The van der Waals surface area contributed by atoms with Gasteiger partial charge in [0.15, 0.2) is 5.16 Å². The van der Waals surface area contributed by atoms with E-state index in [4.69, 9.17) is 5.14 Å². The molecule has 24 heavy (non-hydrogen) atoms. The largest absolute Gasteiger partial charge is 0.300 e. The number of nitrogens with one attached hydrogen (secondary N) is 1. The third-order valence-electron chi connectivity index (χ3n) is 3.17. The summed E-state index contributed by atoms with van der Waals surface area (Å²) in [6.07, 6.45) is 0.